The summed E-state index contributed by atoms with van der Waals surface area (Å²) in [6, 6.07) is 7.70. The fourth-order valence-electron chi connectivity index (χ4n) is 3.02. The summed E-state index contributed by atoms with van der Waals surface area (Å²) in [5.41, 5.74) is 7.94. The summed E-state index contributed by atoms with van der Waals surface area (Å²) in [5, 5.41) is 0. The van der Waals surface area contributed by atoms with E-state index in [4.69, 9.17) is 5.73 Å². The smallest absolute Gasteiger partial charge is 0.253 e. The third-order valence-electron chi connectivity index (χ3n) is 4.61. The van der Waals surface area contributed by atoms with E-state index in [1.54, 1.807) is 0 Å². The lowest BCUT2D eigenvalue weighted by molar-refractivity contribution is 0.0773. The first kappa shape index (κ1) is 18.3. The molecule has 1 aliphatic heterocycles. The quantitative estimate of drug-likeness (QED) is 0.667. The van der Waals surface area contributed by atoms with Gasteiger partial charge in [-0.05, 0) is 44.4 Å². The van der Waals surface area contributed by atoms with E-state index < -0.39 is 0 Å². The van der Waals surface area contributed by atoms with Crippen LogP contribution in [0.1, 0.15) is 55.5 Å². The molecule has 0 atom stereocenters. The molecular weight excluding hydrogens is 300 g/mol. The van der Waals surface area contributed by atoms with Crippen LogP contribution in [-0.2, 0) is 6.54 Å². The van der Waals surface area contributed by atoms with Crippen molar-refractivity contribution in [3.05, 3.63) is 35.4 Å². The minimum atomic E-state index is 0.0825. The summed E-state index contributed by atoms with van der Waals surface area (Å²) in [5.74, 6) is 0.722. The van der Waals surface area contributed by atoms with Crippen LogP contribution in [0.4, 0.5) is 0 Å². The van der Waals surface area contributed by atoms with E-state index in [9.17, 15) is 4.79 Å². The van der Waals surface area contributed by atoms with Gasteiger partial charge in [-0.25, -0.2) is 4.99 Å². The molecule has 0 unspecified atom stereocenters. The standard InChI is InChI=1S/C19H30N4O/c1-3-22(4-2)18(24)17-11-9-16(10-12-17)15-21-19(20)23-13-7-5-6-8-14-23/h9-12H,3-8,13-15H2,1-2H3,(H2,20,21). The summed E-state index contributed by atoms with van der Waals surface area (Å²) >= 11 is 0. The Hall–Kier alpha value is -2.04. The number of amides is 1. The maximum Gasteiger partial charge on any atom is 0.253 e. The molecule has 0 aliphatic carbocycles. The highest BCUT2D eigenvalue weighted by Crippen LogP contribution is 2.11. The van der Waals surface area contributed by atoms with Crippen molar-refractivity contribution in [1.29, 1.82) is 0 Å². The fraction of sp³-hybridized carbons (Fsp3) is 0.579. The number of likely N-dealkylation sites (tertiary alicyclic amines) is 1. The predicted octanol–water partition coefficient (Wildman–Crippen LogP) is 2.86. The lowest BCUT2D eigenvalue weighted by Crippen LogP contribution is -2.38. The predicted molar refractivity (Wildman–Crippen MR) is 99.1 cm³/mol. The highest BCUT2D eigenvalue weighted by atomic mass is 16.2. The molecule has 1 aromatic carbocycles. The zero-order valence-electron chi connectivity index (χ0n) is 15.0. The number of hydrogen-bond donors (Lipinski definition) is 1. The Labute approximate surface area is 145 Å². The third kappa shape index (κ3) is 4.98. The van der Waals surface area contributed by atoms with Crippen LogP contribution in [0, 0.1) is 0 Å². The molecule has 1 saturated heterocycles. The number of rotatable bonds is 5. The Morgan fingerprint density at radius 2 is 1.67 bits per heavy atom. The topological polar surface area (TPSA) is 61.9 Å². The Kier molecular flexibility index (Phi) is 7.09. The number of guanidine groups is 1. The Bertz CT molecular complexity index is 541. The van der Waals surface area contributed by atoms with Crippen LogP contribution >= 0.6 is 0 Å². The van der Waals surface area contributed by atoms with Crippen molar-refractivity contribution in [2.45, 2.75) is 46.1 Å². The van der Waals surface area contributed by atoms with Gasteiger partial charge in [0.1, 0.15) is 0 Å². The minimum Gasteiger partial charge on any atom is -0.370 e. The van der Waals surface area contributed by atoms with Crippen molar-refractivity contribution < 1.29 is 4.79 Å². The van der Waals surface area contributed by atoms with Gasteiger partial charge in [0, 0.05) is 31.7 Å². The van der Waals surface area contributed by atoms with Crippen LogP contribution < -0.4 is 5.73 Å². The van der Waals surface area contributed by atoms with Crippen LogP contribution in [0.3, 0.4) is 0 Å². The maximum atomic E-state index is 12.3. The maximum absolute atomic E-state index is 12.3. The minimum absolute atomic E-state index is 0.0825. The van der Waals surface area contributed by atoms with Gasteiger partial charge in [0.15, 0.2) is 5.96 Å². The summed E-state index contributed by atoms with van der Waals surface area (Å²) in [6.07, 6.45) is 4.95. The third-order valence-corrected chi connectivity index (χ3v) is 4.61. The van der Waals surface area contributed by atoms with Crippen molar-refractivity contribution in [3.63, 3.8) is 0 Å². The van der Waals surface area contributed by atoms with Crippen molar-refractivity contribution in [3.8, 4) is 0 Å². The van der Waals surface area contributed by atoms with E-state index >= 15 is 0 Å². The summed E-state index contributed by atoms with van der Waals surface area (Å²) < 4.78 is 0. The van der Waals surface area contributed by atoms with Gasteiger partial charge >= 0.3 is 0 Å². The van der Waals surface area contributed by atoms with Crippen LogP contribution in [0.5, 0.6) is 0 Å². The molecule has 0 spiro atoms. The molecule has 1 fully saturated rings. The molecule has 0 bridgehead atoms. The van der Waals surface area contributed by atoms with Gasteiger partial charge in [0.05, 0.1) is 6.54 Å². The van der Waals surface area contributed by atoms with E-state index in [2.05, 4.69) is 9.89 Å². The van der Waals surface area contributed by atoms with Gasteiger partial charge in [0.2, 0.25) is 0 Å². The van der Waals surface area contributed by atoms with Crippen molar-refractivity contribution >= 4 is 11.9 Å². The first-order valence-electron chi connectivity index (χ1n) is 9.08. The highest BCUT2D eigenvalue weighted by molar-refractivity contribution is 5.94. The molecule has 0 aromatic heterocycles. The van der Waals surface area contributed by atoms with Crippen LogP contribution in [0.15, 0.2) is 29.3 Å². The van der Waals surface area contributed by atoms with Gasteiger partial charge in [-0.3, -0.25) is 4.79 Å². The summed E-state index contributed by atoms with van der Waals surface area (Å²) in [6.45, 7) is 8.02. The number of nitrogens with two attached hydrogens (primary N) is 1. The molecular formula is C19H30N4O. The molecule has 1 heterocycles. The molecule has 1 amide bonds. The highest BCUT2D eigenvalue weighted by Gasteiger charge is 2.12. The van der Waals surface area contributed by atoms with E-state index in [1.807, 2.05) is 43.0 Å². The number of hydrogen-bond acceptors (Lipinski definition) is 2. The van der Waals surface area contributed by atoms with Crippen molar-refractivity contribution in [2.75, 3.05) is 26.2 Å². The number of carbonyl (C=O) groups is 1. The summed E-state index contributed by atoms with van der Waals surface area (Å²) in [7, 11) is 0. The number of nitrogens with zero attached hydrogens (tertiary/aromatic N) is 3. The van der Waals surface area contributed by atoms with E-state index in [-0.39, 0.29) is 5.91 Å². The first-order valence-corrected chi connectivity index (χ1v) is 9.08. The van der Waals surface area contributed by atoms with Crippen molar-refractivity contribution in [1.82, 2.24) is 9.80 Å². The molecule has 0 saturated carbocycles. The van der Waals surface area contributed by atoms with Crippen LogP contribution in [0.25, 0.3) is 0 Å². The Balaban J connectivity index is 1.95. The number of benzene rings is 1. The molecule has 0 radical (unpaired) electrons. The lowest BCUT2D eigenvalue weighted by Gasteiger charge is -2.21. The van der Waals surface area contributed by atoms with Gasteiger partial charge in [-0.1, -0.05) is 25.0 Å². The molecule has 132 valence electrons. The zero-order chi connectivity index (χ0) is 17.4. The first-order chi connectivity index (χ1) is 11.7. The van der Waals surface area contributed by atoms with E-state index in [0.717, 1.165) is 37.3 Å². The van der Waals surface area contributed by atoms with Gasteiger partial charge in [0.25, 0.3) is 5.91 Å². The van der Waals surface area contributed by atoms with Crippen molar-refractivity contribution in [2.24, 2.45) is 10.7 Å². The van der Waals surface area contributed by atoms with E-state index in [0.29, 0.717) is 12.5 Å². The SMILES string of the molecule is CCN(CC)C(=O)c1ccc(CN=C(N)N2CCCCCC2)cc1. The molecule has 5 heteroatoms. The van der Waals surface area contributed by atoms with Crippen LogP contribution in [0.2, 0.25) is 0 Å². The normalized spacial score (nSPS) is 15.9. The van der Waals surface area contributed by atoms with Gasteiger partial charge < -0.3 is 15.5 Å². The molecule has 1 aromatic rings. The van der Waals surface area contributed by atoms with Gasteiger partial charge in [-0.15, -0.1) is 0 Å². The monoisotopic (exact) mass is 330 g/mol. The van der Waals surface area contributed by atoms with E-state index in [1.165, 1.54) is 25.7 Å². The summed E-state index contributed by atoms with van der Waals surface area (Å²) in [4.78, 5) is 20.8. The molecule has 1 aliphatic rings. The second-order valence-corrected chi connectivity index (χ2v) is 6.25. The molecule has 5 nitrogen and oxygen atoms in total. The number of carbonyl (C=O) groups excluding carboxylic acids is 1. The fourth-order valence-corrected chi connectivity index (χ4v) is 3.02. The lowest BCUT2D eigenvalue weighted by atomic mass is 10.1. The second kappa shape index (κ2) is 9.30. The Morgan fingerprint density at radius 1 is 1.08 bits per heavy atom. The number of aliphatic imine (C=N–C) groups is 1. The molecule has 2 N–H and O–H groups in total. The second-order valence-electron chi connectivity index (χ2n) is 6.25. The zero-order valence-corrected chi connectivity index (χ0v) is 15.0. The van der Waals surface area contributed by atoms with Gasteiger partial charge in [-0.2, -0.15) is 0 Å². The molecule has 24 heavy (non-hydrogen) atoms. The average Bonchev–Trinajstić information content (AvgIpc) is 2.90. The molecule has 2 rings (SSSR count). The largest absolute Gasteiger partial charge is 0.370 e. The average molecular weight is 330 g/mol. The Morgan fingerprint density at radius 3 is 2.21 bits per heavy atom. The van der Waals surface area contributed by atoms with Crippen LogP contribution in [-0.4, -0.2) is 47.8 Å².